The maximum absolute atomic E-state index is 4.22. The molecule has 76 valence electrons. The predicted molar refractivity (Wildman–Crippen MR) is 58.3 cm³/mol. The number of hydrogen-bond acceptors (Lipinski definition) is 4. The van der Waals surface area contributed by atoms with Gasteiger partial charge in [-0.3, -0.25) is 9.97 Å². The highest BCUT2D eigenvalue weighted by Gasteiger charge is 2.06. The molecule has 4 heteroatoms. The number of hydrogen-bond donors (Lipinski definition) is 1. The van der Waals surface area contributed by atoms with Crippen LogP contribution in [-0.2, 0) is 0 Å². The van der Waals surface area contributed by atoms with Crippen LogP contribution >= 0.6 is 0 Å². The van der Waals surface area contributed by atoms with Gasteiger partial charge in [-0.1, -0.05) is 6.07 Å². The summed E-state index contributed by atoms with van der Waals surface area (Å²) < 4.78 is 0. The Kier molecular flexibility index (Phi) is 2.88. The standard InChI is InChI=1S/C11H12N4/c1-9(10-8-12-6-7-13-10)15-11-4-2-3-5-14-11/h2-9H,1H3,(H,14,15). The molecule has 0 bridgehead atoms. The van der Waals surface area contributed by atoms with Gasteiger partial charge in [0, 0.05) is 18.6 Å². The molecule has 15 heavy (non-hydrogen) atoms. The molecule has 0 spiro atoms. The molecule has 0 aromatic carbocycles. The quantitative estimate of drug-likeness (QED) is 0.823. The molecule has 0 fully saturated rings. The highest BCUT2D eigenvalue weighted by Crippen LogP contribution is 2.13. The van der Waals surface area contributed by atoms with Gasteiger partial charge in [0.05, 0.1) is 17.9 Å². The topological polar surface area (TPSA) is 50.7 Å². The molecular formula is C11H12N4. The first-order valence-corrected chi connectivity index (χ1v) is 4.80. The molecule has 0 amide bonds. The van der Waals surface area contributed by atoms with Crippen molar-refractivity contribution in [2.45, 2.75) is 13.0 Å². The van der Waals surface area contributed by atoms with Gasteiger partial charge in [-0.2, -0.15) is 0 Å². The van der Waals surface area contributed by atoms with Crippen molar-refractivity contribution in [3.8, 4) is 0 Å². The van der Waals surface area contributed by atoms with Crippen LogP contribution in [0.25, 0.3) is 0 Å². The molecule has 0 aliphatic heterocycles. The summed E-state index contributed by atoms with van der Waals surface area (Å²) in [6, 6.07) is 5.86. The largest absolute Gasteiger partial charge is 0.362 e. The van der Waals surface area contributed by atoms with Gasteiger partial charge in [0.1, 0.15) is 5.82 Å². The molecule has 2 rings (SSSR count). The monoisotopic (exact) mass is 200 g/mol. The van der Waals surface area contributed by atoms with E-state index in [1.165, 1.54) is 0 Å². The van der Waals surface area contributed by atoms with Crippen molar-refractivity contribution >= 4 is 5.82 Å². The van der Waals surface area contributed by atoms with E-state index in [4.69, 9.17) is 0 Å². The third-order valence-corrected chi connectivity index (χ3v) is 2.06. The van der Waals surface area contributed by atoms with Crippen molar-refractivity contribution in [2.24, 2.45) is 0 Å². The van der Waals surface area contributed by atoms with Crippen LogP contribution in [0, 0.1) is 0 Å². The van der Waals surface area contributed by atoms with Gasteiger partial charge < -0.3 is 5.32 Å². The minimum Gasteiger partial charge on any atom is -0.362 e. The maximum atomic E-state index is 4.22. The molecule has 0 saturated carbocycles. The first-order chi connectivity index (χ1) is 7.36. The second kappa shape index (κ2) is 4.50. The number of anilines is 1. The Balaban J connectivity index is 2.08. The highest BCUT2D eigenvalue weighted by atomic mass is 15.0. The molecule has 2 heterocycles. The van der Waals surface area contributed by atoms with Crippen molar-refractivity contribution < 1.29 is 0 Å². The highest BCUT2D eigenvalue weighted by molar-refractivity contribution is 5.35. The van der Waals surface area contributed by atoms with Crippen molar-refractivity contribution in [1.82, 2.24) is 15.0 Å². The summed E-state index contributed by atoms with van der Waals surface area (Å²) in [5.41, 5.74) is 0.906. The average Bonchev–Trinajstić information content (AvgIpc) is 2.31. The van der Waals surface area contributed by atoms with E-state index in [0.717, 1.165) is 11.5 Å². The lowest BCUT2D eigenvalue weighted by Gasteiger charge is -2.12. The zero-order chi connectivity index (χ0) is 10.5. The number of rotatable bonds is 3. The fourth-order valence-corrected chi connectivity index (χ4v) is 1.28. The van der Waals surface area contributed by atoms with Crippen LogP contribution in [0.3, 0.4) is 0 Å². The molecular weight excluding hydrogens is 188 g/mol. The summed E-state index contributed by atoms with van der Waals surface area (Å²) in [6.45, 7) is 2.03. The lowest BCUT2D eigenvalue weighted by atomic mass is 10.2. The van der Waals surface area contributed by atoms with E-state index in [-0.39, 0.29) is 6.04 Å². The average molecular weight is 200 g/mol. The Morgan fingerprint density at radius 3 is 2.73 bits per heavy atom. The molecule has 2 aromatic rings. The Hall–Kier alpha value is -1.97. The predicted octanol–water partition coefficient (Wildman–Crippen LogP) is 2.04. The van der Waals surface area contributed by atoms with Crippen LogP contribution in [0.1, 0.15) is 18.7 Å². The van der Waals surface area contributed by atoms with Crippen molar-refractivity contribution in [3.63, 3.8) is 0 Å². The van der Waals surface area contributed by atoms with Crippen LogP contribution in [0.15, 0.2) is 43.0 Å². The zero-order valence-corrected chi connectivity index (χ0v) is 8.46. The Labute approximate surface area is 88.4 Å². The Morgan fingerprint density at radius 2 is 2.07 bits per heavy atom. The van der Waals surface area contributed by atoms with Gasteiger partial charge in [0.15, 0.2) is 0 Å². The lowest BCUT2D eigenvalue weighted by Crippen LogP contribution is -2.09. The van der Waals surface area contributed by atoms with Crippen LogP contribution in [0.4, 0.5) is 5.82 Å². The Morgan fingerprint density at radius 1 is 1.13 bits per heavy atom. The lowest BCUT2D eigenvalue weighted by molar-refractivity contribution is 0.821. The van der Waals surface area contributed by atoms with Crippen LogP contribution in [0.5, 0.6) is 0 Å². The summed E-state index contributed by atoms with van der Waals surface area (Å²) in [4.78, 5) is 12.4. The summed E-state index contributed by atoms with van der Waals surface area (Å²) >= 11 is 0. The van der Waals surface area contributed by atoms with Crippen molar-refractivity contribution in [1.29, 1.82) is 0 Å². The van der Waals surface area contributed by atoms with E-state index in [9.17, 15) is 0 Å². The molecule has 1 unspecified atom stereocenters. The van der Waals surface area contributed by atoms with Gasteiger partial charge in [0.25, 0.3) is 0 Å². The van der Waals surface area contributed by atoms with Gasteiger partial charge in [-0.15, -0.1) is 0 Å². The summed E-state index contributed by atoms with van der Waals surface area (Å²) in [7, 11) is 0. The third-order valence-electron chi connectivity index (χ3n) is 2.06. The smallest absolute Gasteiger partial charge is 0.126 e. The van der Waals surface area contributed by atoms with Crippen molar-refractivity contribution in [2.75, 3.05) is 5.32 Å². The van der Waals surface area contributed by atoms with Crippen LogP contribution in [0.2, 0.25) is 0 Å². The summed E-state index contributed by atoms with van der Waals surface area (Å²) in [5, 5.41) is 3.24. The second-order valence-corrected chi connectivity index (χ2v) is 3.21. The molecule has 0 aliphatic rings. The molecule has 1 N–H and O–H groups in total. The number of aromatic nitrogens is 3. The molecule has 2 aromatic heterocycles. The number of nitrogens with zero attached hydrogens (tertiary/aromatic N) is 3. The third kappa shape index (κ3) is 2.49. The van der Waals surface area contributed by atoms with Crippen LogP contribution in [-0.4, -0.2) is 15.0 Å². The minimum absolute atomic E-state index is 0.105. The SMILES string of the molecule is CC(Nc1ccccn1)c1cnccn1. The van der Waals surface area contributed by atoms with E-state index >= 15 is 0 Å². The molecule has 0 radical (unpaired) electrons. The first-order valence-electron chi connectivity index (χ1n) is 4.80. The fourth-order valence-electron chi connectivity index (χ4n) is 1.28. The van der Waals surface area contributed by atoms with E-state index in [1.54, 1.807) is 24.8 Å². The van der Waals surface area contributed by atoms with E-state index in [1.807, 2.05) is 25.1 Å². The van der Waals surface area contributed by atoms with Gasteiger partial charge in [-0.05, 0) is 19.1 Å². The zero-order valence-electron chi connectivity index (χ0n) is 8.46. The molecule has 4 nitrogen and oxygen atoms in total. The summed E-state index contributed by atoms with van der Waals surface area (Å²) in [5.74, 6) is 0.843. The normalized spacial score (nSPS) is 12.1. The second-order valence-electron chi connectivity index (χ2n) is 3.21. The fraction of sp³-hybridized carbons (Fsp3) is 0.182. The molecule has 0 saturated heterocycles. The Bertz CT molecular complexity index is 401. The van der Waals surface area contributed by atoms with Gasteiger partial charge in [-0.25, -0.2) is 4.98 Å². The van der Waals surface area contributed by atoms with E-state index in [0.29, 0.717) is 0 Å². The maximum Gasteiger partial charge on any atom is 0.126 e. The molecule has 1 atom stereocenters. The first kappa shape index (κ1) is 9.58. The number of nitrogens with one attached hydrogen (secondary N) is 1. The molecule has 0 aliphatic carbocycles. The van der Waals surface area contributed by atoms with Crippen molar-refractivity contribution in [3.05, 3.63) is 48.7 Å². The van der Waals surface area contributed by atoms with E-state index < -0.39 is 0 Å². The summed E-state index contributed by atoms with van der Waals surface area (Å²) in [6.07, 6.45) is 6.86. The van der Waals surface area contributed by atoms with Gasteiger partial charge >= 0.3 is 0 Å². The van der Waals surface area contributed by atoms with Crippen LogP contribution < -0.4 is 5.32 Å². The van der Waals surface area contributed by atoms with E-state index in [2.05, 4.69) is 20.3 Å². The minimum atomic E-state index is 0.105. The number of pyridine rings is 1. The van der Waals surface area contributed by atoms with Gasteiger partial charge in [0.2, 0.25) is 0 Å².